The van der Waals surface area contributed by atoms with Gasteiger partial charge >= 0.3 is 5.97 Å². The van der Waals surface area contributed by atoms with E-state index in [1.807, 2.05) is 0 Å². The van der Waals surface area contributed by atoms with Crippen molar-refractivity contribution in [3.8, 4) is 0 Å². The van der Waals surface area contributed by atoms with Gasteiger partial charge in [-0.1, -0.05) is 18.2 Å². The van der Waals surface area contributed by atoms with Crippen LogP contribution in [0, 0.1) is 6.57 Å². The molecule has 90 valence electrons. The lowest BCUT2D eigenvalue weighted by Crippen LogP contribution is -2.23. The van der Waals surface area contributed by atoms with Crippen LogP contribution in [0.3, 0.4) is 0 Å². The molecule has 0 aromatic heterocycles. The number of hydrogen-bond acceptors (Lipinski definition) is 3. The standard InChI is InChI=1S/C13H15NO3/c1-13(2,3)17-12(16)10-6-5-9(8-15)7-11(10)14-4/h5-7,15H,8H2,1-3H3. The maximum atomic E-state index is 11.8. The Kier molecular flexibility index (Phi) is 3.87. The zero-order valence-corrected chi connectivity index (χ0v) is 10.2. The molecule has 0 fully saturated rings. The number of hydrogen-bond donors (Lipinski definition) is 1. The van der Waals surface area contributed by atoms with Gasteiger partial charge in [0.15, 0.2) is 0 Å². The van der Waals surface area contributed by atoms with Crippen molar-refractivity contribution in [1.82, 2.24) is 0 Å². The average Bonchev–Trinajstić information content (AvgIpc) is 2.25. The van der Waals surface area contributed by atoms with Gasteiger partial charge in [-0.2, -0.15) is 0 Å². The molecule has 0 amide bonds. The number of benzene rings is 1. The highest BCUT2D eigenvalue weighted by atomic mass is 16.6. The molecule has 0 spiro atoms. The van der Waals surface area contributed by atoms with Crippen molar-refractivity contribution >= 4 is 11.7 Å². The third kappa shape index (κ3) is 3.58. The molecule has 4 nitrogen and oxygen atoms in total. The molecular formula is C13H15NO3. The van der Waals surface area contributed by atoms with Gasteiger partial charge in [0.2, 0.25) is 5.69 Å². The third-order valence-corrected chi connectivity index (χ3v) is 1.98. The summed E-state index contributed by atoms with van der Waals surface area (Å²) in [4.78, 5) is 15.1. The molecule has 0 saturated heterocycles. The van der Waals surface area contributed by atoms with Crippen LogP contribution in [-0.2, 0) is 11.3 Å². The lowest BCUT2D eigenvalue weighted by Gasteiger charge is -2.20. The van der Waals surface area contributed by atoms with Gasteiger partial charge in [0.1, 0.15) is 5.60 Å². The number of rotatable bonds is 2. The molecule has 0 unspecified atom stereocenters. The fourth-order valence-corrected chi connectivity index (χ4v) is 1.27. The first-order valence-electron chi connectivity index (χ1n) is 5.22. The van der Waals surface area contributed by atoms with Crippen molar-refractivity contribution in [2.24, 2.45) is 0 Å². The molecule has 0 aliphatic carbocycles. The number of carbonyl (C=O) groups is 1. The Hall–Kier alpha value is -1.86. The molecule has 0 bridgehead atoms. The number of nitrogens with zero attached hydrogens (tertiary/aromatic N) is 1. The minimum absolute atomic E-state index is 0.156. The fourth-order valence-electron chi connectivity index (χ4n) is 1.27. The topological polar surface area (TPSA) is 50.9 Å². The average molecular weight is 233 g/mol. The minimum atomic E-state index is -0.591. The van der Waals surface area contributed by atoms with Gasteiger partial charge < -0.3 is 9.84 Å². The van der Waals surface area contributed by atoms with Crippen molar-refractivity contribution < 1.29 is 14.6 Å². The van der Waals surface area contributed by atoms with Crippen molar-refractivity contribution in [1.29, 1.82) is 0 Å². The second-order valence-corrected chi connectivity index (χ2v) is 4.62. The Balaban J connectivity index is 3.07. The van der Waals surface area contributed by atoms with Gasteiger partial charge in [-0.15, -0.1) is 0 Å². The molecule has 0 saturated carbocycles. The van der Waals surface area contributed by atoms with E-state index in [4.69, 9.17) is 16.4 Å². The summed E-state index contributed by atoms with van der Waals surface area (Å²) in [6.45, 7) is 12.2. The molecule has 0 aliphatic heterocycles. The molecule has 17 heavy (non-hydrogen) atoms. The highest BCUT2D eigenvalue weighted by Gasteiger charge is 2.20. The Morgan fingerprint density at radius 3 is 2.59 bits per heavy atom. The van der Waals surface area contributed by atoms with Gasteiger partial charge in [0.05, 0.1) is 18.7 Å². The van der Waals surface area contributed by atoms with Crippen LogP contribution in [0.4, 0.5) is 5.69 Å². The molecule has 1 N–H and O–H groups in total. The smallest absolute Gasteiger partial charge is 0.328 e. The van der Waals surface area contributed by atoms with Gasteiger partial charge in [-0.05, 0) is 26.3 Å². The molecular weight excluding hydrogens is 218 g/mol. The van der Waals surface area contributed by atoms with Crippen molar-refractivity contribution in [2.75, 3.05) is 0 Å². The Morgan fingerprint density at radius 1 is 1.47 bits per heavy atom. The first kappa shape index (κ1) is 13.2. The largest absolute Gasteiger partial charge is 0.457 e. The summed E-state index contributed by atoms with van der Waals surface area (Å²) in [5.41, 5.74) is 0.438. The SMILES string of the molecule is [C-]#[N+]c1cc(CO)ccc1C(=O)OC(C)(C)C. The second-order valence-electron chi connectivity index (χ2n) is 4.62. The van der Waals surface area contributed by atoms with Gasteiger partial charge in [-0.3, -0.25) is 0 Å². The highest BCUT2D eigenvalue weighted by Crippen LogP contribution is 2.23. The molecule has 1 aromatic rings. The van der Waals surface area contributed by atoms with E-state index in [9.17, 15) is 4.79 Å². The summed E-state index contributed by atoms with van der Waals surface area (Å²) in [7, 11) is 0. The zero-order valence-electron chi connectivity index (χ0n) is 10.2. The first-order chi connectivity index (χ1) is 7.87. The van der Waals surface area contributed by atoms with E-state index >= 15 is 0 Å². The summed E-state index contributed by atoms with van der Waals surface area (Å²) < 4.78 is 5.19. The summed E-state index contributed by atoms with van der Waals surface area (Å²) in [5, 5.41) is 8.95. The van der Waals surface area contributed by atoms with E-state index in [0.717, 1.165) is 0 Å². The number of aliphatic hydroxyl groups is 1. The van der Waals surface area contributed by atoms with Crippen LogP contribution >= 0.6 is 0 Å². The number of ether oxygens (including phenoxy) is 1. The number of aliphatic hydroxyl groups excluding tert-OH is 1. The maximum absolute atomic E-state index is 11.8. The highest BCUT2D eigenvalue weighted by molar-refractivity contribution is 5.96. The Labute approximate surface area is 101 Å². The fraction of sp³-hybridized carbons (Fsp3) is 0.385. The summed E-state index contributed by atoms with van der Waals surface area (Å²) >= 11 is 0. The monoisotopic (exact) mass is 233 g/mol. The number of esters is 1. The van der Waals surface area contributed by atoms with Crippen molar-refractivity contribution in [3.05, 3.63) is 40.7 Å². The predicted molar refractivity (Wildman–Crippen MR) is 63.8 cm³/mol. The van der Waals surface area contributed by atoms with Gasteiger partial charge in [0, 0.05) is 0 Å². The number of carbonyl (C=O) groups excluding carboxylic acids is 1. The second kappa shape index (κ2) is 4.98. The predicted octanol–water partition coefficient (Wildman–Crippen LogP) is 2.68. The molecule has 0 heterocycles. The molecule has 1 aromatic carbocycles. The van der Waals surface area contributed by atoms with E-state index in [-0.39, 0.29) is 17.9 Å². The molecule has 0 aliphatic rings. The van der Waals surface area contributed by atoms with Crippen LogP contribution in [0.1, 0.15) is 36.7 Å². The van der Waals surface area contributed by atoms with Gasteiger partial charge in [-0.25, -0.2) is 9.64 Å². The molecule has 4 heteroatoms. The maximum Gasteiger partial charge on any atom is 0.328 e. The van der Waals surface area contributed by atoms with Crippen molar-refractivity contribution in [2.45, 2.75) is 33.0 Å². The van der Waals surface area contributed by atoms with E-state index in [1.54, 1.807) is 26.8 Å². The van der Waals surface area contributed by atoms with Crippen LogP contribution in [0.5, 0.6) is 0 Å². The van der Waals surface area contributed by atoms with E-state index in [0.29, 0.717) is 5.56 Å². The normalized spacial score (nSPS) is 10.8. The zero-order chi connectivity index (χ0) is 13.1. The van der Waals surface area contributed by atoms with E-state index in [1.165, 1.54) is 12.1 Å². The van der Waals surface area contributed by atoms with Crippen LogP contribution in [0.15, 0.2) is 18.2 Å². The molecule has 0 atom stereocenters. The van der Waals surface area contributed by atoms with Gasteiger partial charge in [0.25, 0.3) is 0 Å². The summed E-state index contributed by atoms with van der Waals surface area (Å²) in [6.07, 6.45) is 0. The summed E-state index contributed by atoms with van der Waals surface area (Å²) in [6, 6.07) is 4.60. The minimum Gasteiger partial charge on any atom is -0.457 e. The van der Waals surface area contributed by atoms with E-state index in [2.05, 4.69) is 4.85 Å². The van der Waals surface area contributed by atoms with Crippen LogP contribution in [0.2, 0.25) is 0 Å². The lowest BCUT2D eigenvalue weighted by atomic mass is 10.1. The Bertz CT molecular complexity index is 467. The van der Waals surface area contributed by atoms with Crippen LogP contribution in [0.25, 0.3) is 4.85 Å². The van der Waals surface area contributed by atoms with Crippen LogP contribution < -0.4 is 0 Å². The first-order valence-corrected chi connectivity index (χ1v) is 5.22. The Morgan fingerprint density at radius 2 is 2.12 bits per heavy atom. The molecule has 0 radical (unpaired) electrons. The lowest BCUT2D eigenvalue weighted by molar-refractivity contribution is 0.00708. The quantitative estimate of drug-likeness (QED) is 0.631. The third-order valence-electron chi connectivity index (χ3n) is 1.98. The molecule has 1 rings (SSSR count). The van der Waals surface area contributed by atoms with E-state index < -0.39 is 11.6 Å². The van der Waals surface area contributed by atoms with Crippen LogP contribution in [-0.4, -0.2) is 16.7 Å². The summed E-state index contributed by atoms with van der Waals surface area (Å²) in [5.74, 6) is -0.520. The van der Waals surface area contributed by atoms with Crippen molar-refractivity contribution in [3.63, 3.8) is 0 Å².